The van der Waals surface area contributed by atoms with Gasteiger partial charge in [-0.25, -0.2) is 5.43 Å². The van der Waals surface area contributed by atoms with E-state index in [2.05, 4.69) is 10.5 Å². The lowest BCUT2D eigenvalue weighted by Gasteiger charge is -2.52. The summed E-state index contributed by atoms with van der Waals surface area (Å²) in [4.78, 5) is 40.2. The number of amides is 2. The molecule has 0 aromatic heterocycles. The van der Waals surface area contributed by atoms with Gasteiger partial charge in [0.2, 0.25) is 11.8 Å². The third kappa shape index (κ3) is 5.05. The van der Waals surface area contributed by atoms with Crippen molar-refractivity contribution in [1.29, 1.82) is 0 Å². The summed E-state index contributed by atoms with van der Waals surface area (Å²) in [7, 11) is 0. The number of para-hydroxylation sites is 1. The average Bonchev–Trinajstić information content (AvgIpc) is 2.94. The summed E-state index contributed by atoms with van der Waals surface area (Å²) >= 11 is 0. The van der Waals surface area contributed by atoms with Gasteiger partial charge in [0.05, 0.1) is 41.8 Å². The highest BCUT2D eigenvalue weighted by Crippen LogP contribution is 2.58. The molecule has 1 heterocycles. The van der Waals surface area contributed by atoms with Crippen LogP contribution in [0.2, 0.25) is 0 Å². The van der Waals surface area contributed by atoms with Crippen molar-refractivity contribution in [3.8, 4) is 0 Å². The van der Waals surface area contributed by atoms with Crippen LogP contribution < -0.4 is 5.43 Å². The minimum Gasteiger partial charge on any atom is -0.378 e. The number of benzene rings is 3. The number of carbonyl (C=O) groups excluding carboxylic acids is 2. The molecule has 9 heteroatoms. The maximum atomic E-state index is 13.9. The molecule has 1 aliphatic carbocycles. The molecule has 1 aliphatic heterocycles. The first-order chi connectivity index (χ1) is 18.6. The highest BCUT2D eigenvalue weighted by Gasteiger charge is 2.58. The van der Waals surface area contributed by atoms with Crippen LogP contribution in [0.15, 0.2) is 90.0 Å². The molecule has 5 rings (SSSR count). The van der Waals surface area contributed by atoms with Gasteiger partial charge in [0.25, 0.3) is 5.69 Å². The zero-order chi connectivity index (χ0) is 26.5. The highest BCUT2D eigenvalue weighted by molar-refractivity contribution is 5.91. The molecule has 1 N–H and O–H groups in total. The van der Waals surface area contributed by atoms with Crippen LogP contribution in [0, 0.1) is 22.0 Å². The summed E-state index contributed by atoms with van der Waals surface area (Å²) in [6.07, 6.45) is 1.28. The molecule has 3 aromatic rings. The van der Waals surface area contributed by atoms with Crippen LogP contribution in [0.4, 0.5) is 5.69 Å². The first-order valence-corrected chi connectivity index (χ1v) is 12.6. The number of hydrogen-bond acceptors (Lipinski definition) is 6. The monoisotopic (exact) mass is 512 g/mol. The van der Waals surface area contributed by atoms with E-state index in [1.54, 1.807) is 18.2 Å². The number of ether oxygens (including phenoxy) is 1. The largest absolute Gasteiger partial charge is 0.378 e. The van der Waals surface area contributed by atoms with Crippen LogP contribution >= 0.6 is 0 Å². The first kappa shape index (κ1) is 25.3. The standard InChI is InChI=1S/C29H28N4O5/c34-28(31-30-19-22-13-7-8-14-23(22)33(36)37)26-24(20-9-3-1-4-10-20)27(25(26)21-11-5-2-6-12-21)29(35)32-15-17-38-18-16-32/h1-14,19,24-27H,15-18H2,(H,31,34)/t24-,25-,26?,27?/m1/s1. The molecular weight excluding hydrogens is 484 g/mol. The van der Waals surface area contributed by atoms with E-state index >= 15 is 0 Å². The Kier molecular flexibility index (Phi) is 7.55. The quantitative estimate of drug-likeness (QED) is 0.294. The Balaban J connectivity index is 1.47. The number of nitro groups is 1. The van der Waals surface area contributed by atoms with Crippen LogP contribution in [0.1, 0.15) is 28.5 Å². The Morgan fingerprint density at radius 3 is 2.00 bits per heavy atom. The molecule has 1 saturated carbocycles. The molecule has 2 amide bonds. The van der Waals surface area contributed by atoms with Gasteiger partial charge in [0.15, 0.2) is 0 Å². The van der Waals surface area contributed by atoms with Gasteiger partial charge in [-0.2, -0.15) is 5.10 Å². The Labute approximate surface area is 220 Å². The molecule has 194 valence electrons. The zero-order valence-corrected chi connectivity index (χ0v) is 20.7. The van der Waals surface area contributed by atoms with E-state index in [0.717, 1.165) is 11.1 Å². The van der Waals surface area contributed by atoms with E-state index in [4.69, 9.17) is 4.74 Å². The maximum Gasteiger partial charge on any atom is 0.278 e. The number of hydrazone groups is 1. The molecule has 0 bridgehead atoms. The Morgan fingerprint density at radius 1 is 0.868 bits per heavy atom. The van der Waals surface area contributed by atoms with Crippen molar-refractivity contribution in [3.05, 3.63) is 112 Å². The number of carbonyl (C=O) groups is 2. The predicted molar refractivity (Wildman–Crippen MR) is 142 cm³/mol. The van der Waals surface area contributed by atoms with Gasteiger partial charge in [-0.15, -0.1) is 0 Å². The molecule has 3 aromatic carbocycles. The van der Waals surface area contributed by atoms with Crippen molar-refractivity contribution >= 4 is 23.7 Å². The van der Waals surface area contributed by atoms with Gasteiger partial charge < -0.3 is 9.64 Å². The number of nitro benzene ring substituents is 1. The fraction of sp³-hybridized carbons (Fsp3) is 0.276. The van der Waals surface area contributed by atoms with Crippen LogP contribution in [0.5, 0.6) is 0 Å². The summed E-state index contributed by atoms with van der Waals surface area (Å²) in [5.41, 5.74) is 4.60. The summed E-state index contributed by atoms with van der Waals surface area (Å²) < 4.78 is 5.45. The van der Waals surface area contributed by atoms with E-state index in [9.17, 15) is 19.7 Å². The predicted octanol–water partition coefficient (Wildman–Crippen LogP) is 3.72. The second-order valence-electron chi connectivity index (χ2n) is 9.41. The summed E-state index contributed by atoms with van der Waals surface area (Å²) in [5, 5.41) is 15.4. The van der Waals surface area contributed by atoms with Gasteiger partial charge in [-0.3, -0.25) is 19.7 Å². The van der Waals surface area contributed by atoms with Crippen molar-refractivity contribution in [1.82, 2.24) is 10.3 Å². The molecule has 9 nitrogen and oxygen atoms in total. The molecule has 2 aliphatic rings. The SMILES string of the molecule is O=C(NN=Cc1ccccc1[N+](=O)[O-])C1[C@@H](c2ccccc2)C(C(=O)N2CCOCC2)[C@@H]1c1ccccc1. The third-order valence-corrected chi connectivity index (χ3v) is 7.34. The smallest absolute Gasteiger partial charge is 0.278 e. The first-order valence-electron chi connectivity index (χ1n) is 12.6. The fourth-order valence-corrected chi connectivity index (χ4v) is 5.56. The summed E-state index contributed by atoms with van der Waals surface area (Å²) in [6, 6.07) is 25.4. The molecule has 0 radical (unpaired) electrons. The van der Waals surface area contributed by atoms with E-state index in [-0.39, 0.29) is 34.9 Å². The number of nitrogens with one attached hydrogen (secondary N) is 1. The fourth-order valence-electron chi connectivity index (χ4n) is 5.56. The lowest BCUT2D eigenvalue weighted by molar-refractivity contribution is -0.385. The number of nitrogens with zero attached hydrogens (tertiary/aromatic N) is 3. The lowest BCUT2D eigenvalue weighted by Crippen LogP contribution is -2.57. The Hall–Kier alpha value is -4.37. The Morgan fingerprint density at radius 2 is 1.42 bits per heavy atom. The van der Waals surface area contributed by atoms with Crippen LogP contribution in [-0.4, -0.2) is 54.2 Å². The molecular formula is C29H28N4O5. The van der Waals surface area contributed by atoms with Gasteiger partial charge in [0, 0.05) is 31.0 Å². The normalized spacial score (nSPS) is 23.0. The highest BCUT2D eigenvalue weighted by atomic mass is 16.6. The molecule has 2 fully saturated rings. The molecule has 38 heavy (non-hydrogen) atoms. The van der Waals surface area contributed by atoms with Gasteiger partial charge in [0.1, 0.15) is 0 Å². The van der Waals surface area contributed by atoms with Crippen LogP contribution in [0.25, 0.3) is 0 Å². The average molecular weight is 513 g/mol. The Bertz CT molecular complexity index is 1280. The van der Waals surface area contributed by atoms with Crippen molar-refractivity contribution < 1.29 is 19.2 Å². The molecule has 2 atom stereocenters. The van der Waals surface area contributed by atoms with E-state index in [0.29, 0.717) is 26.3 Å². The topological polar surface area (TPSA) is 114 Å². The van der Waals surface area contributed by atoms with E-state index in [1.807, 2.05) is 65.6 Å². The number of hydrogen-bond donors (Lipinski definition) is 1. The molecule has 0 spiro atoms. The summed E-state index contributed by atoms with van der Waals surface area (Å²) in [5.74, 6) is -2.00. The minimum atomic E-state index is -0.558. The van der Waals surface area contributed by atoms with Crippen molar-refractivity contribution in [2.45, 2.75) is 11.8 Å². The van der Waals surface area contributed by atoms with Gasteiger partial charge in [-0.05, 0) is 17.2 Å². The second kappa shape index (κ2) is 11.4. The van der Waals surface area contributed by atoms with Crippen molar-refractivity contribution in [3.63, 3.8) is 0 Å². The van der Waals surface area contributed by atoms with Gasteiger partial charge >= 0.3 is 0 Å². The van der Waals surface area contributed by atoms with Crippen LogP contribution in [0.3, 0.4) is 0 Å². The lowest BCUT2D eigenvalue weighted by atomic mass is 9.51. The third-order valence-electron chi connectivity index (χ3n) is 7.34. The number of rotatable bonds is 7. The van der Waals surface area contributed by atoms with E-state index in [1.165, 1.54) is 12.3 Å². The van der Waals surface area contributed by atoms with Gasteiger partial charge in [-0.1, -0.05) is 72.8 Å². The summed E-state index contributed by atoms with van der Waals surface area (Å²) in [6.45, 7) is 2.04. The molecule has 1 saturated heterocycles. The van der Waals surface area contributed by atoms with Crippen molar-refractivity contribution in [2.75, 3.05) is 26.3 Å². The number of morpholine rings is 1. The minimum absolute atomic E-state index is 0.0171. The molecule has 0 unspecified atom stereocenters. The second-order valence-corrected chi connectivity index (χ2v) is 9.41. The zero-order valence-electron chi connectivity index (χ0n) is 20.7. The van der Waals surface area contributed by atoms with Crippen LogP contribution in [-0.2, 0) is 14.3 Å². The van der Waals surface area contributed by atoms with E-state index < -0.39 is 16.8 Å². The maximum absolute atomic E-state index is 13.9. The van der Waals surface area contributed by atoms with Crippen molar-refractivity contribution in [2.24, 2.45) is 16.9 Å².